The first-order valence-corrected chi connectivity index (χ1v) is 8.30. The highest BCUT2D eigenvalue weighted by atomic mass is 79.9. The Balaban J connectivity index is 2.43. The number of benzene rings is 1. The maximum Gasteiger partial charge on any atom is 0.271 e. The van der Waals surface area contributed by atoms with E-state index in [2.05, 4.69) is 15.9 Å². The Labute approximate surface area is 129 Å². The highest BCUT2D eigenvalue weighted by Gasteiger charge is 2.23. The van der Waals surface area contributed by atoms with Crippen molar-refractivity contribution in [2.75, 3.05) is 4.72 Å². The Kier molecular flexibility index (Phi) is 4.33. The Hall–Kier alpha value is -0.770. The van der Waals surface area contributed by atoms with Crippen molar-refractivity contribution in [3.63, 3.8) is 0 Å². The zero-order chi connectivity index (χ0) is 15.1. The molecular weight excluding hydrogens is 403 g/mol. The molecule has 0 unspecified atom stereocenters. The molecule has 20 heavy (non-hydrogen) atoms. The summed E-state index contributed by atoms with van der Waals surface area (Å²) in [6, 6.07) is 1.87. The predicted octanol–water partition coefficient (Wildman–Crippen LogP) is 4.38. The van der Waals surface area contributed by atoms with Crippen LogP contribution in [-0.2, 0) is 10.0 Å². The van der Waals surface area contributed by atoms with Crippen molar-refractivity contribution in [1.29, 1.82) is 0 Å². The summed E-state index contributed by atoms with van der Waals surface area (Å²) < 4.78 is 65.3. The third-order valence-corrected chi connectivity index (χ3v) is 6.43. The molecule has 3 nitrogen and oxygen atoms in total. The van der Waals surface area contributed by atoms with Gasteiger partial charge in [0.2, 0.25) is 0 Å². The van der Waals surface area contributed by atoms with Gasteiger partial charge in [0.15, 0.2) is 11.6 Å². The quantitative estimate of drug-likeness (QED) is 0.822. The topological polar surface area (TPSA) is 46.2 Å². The fourth-order valence-electron chi connectivity index (χ4n) is 1.28. The molecule has 10 heteroatoms. The van der Waals surface area contributed by atoms with Crippen molar-refractivity contribution in [3.05, 3.63) is 44.5 Å². The lowest BCUT2D eigenvalue weighted by molar-refractivity contribution is 0.547. The van der Waals surface area contributed by atoms with Crippen LogP contribution in [0.25, 0.3) is 0 Å². The van der Waals surface area contributed by atoms with E-state index in [-0.39, 0.29) is 9.23 Å². The van der Waals surface area contributed by atoms with Crippen molar-refractivity contribution < 1.29 is 21.6 Å². The number of sulfonamides is 1. The van der Waals surface area contributed by atoms with E-state index in [9.17, 15) is 21.6 Å². The van der Waals surface area contributed by atoms with E-state index in [1.54, 1.807) is 4.72 Å². The highest BCUT2D eigenvalue weighted by Crippen LogP contribution is 2.35. The molecule has 0 amide bonds. The van der Waals surface area contributed by atoms with Crippen LogP contribution in [0.2, 0.25) is 5.02 Å². The van der Waals surface area contributed by atoms with Crippen LogP contribution in [0.4, 0.5) is 18.9 Å². The third kappa shape index (κ3) is 3.11. The molecule has 0 aliphatic carbocycles. The molecule has 2 rings (SSSR count). The fraction of sp³-hybridized carbons (Fsp3) is 0. The molecule has 1 aromatic carbocycles. The largest absolute Gasteiger partial charge is 0.273 e. The number of nitrogens with one attached hydrogen (secondary N) is 1. The Bertz CT molecular complexity index is 736. The van der Waals surface area contributed by atoms with Crippen LogP contribution in [0.3, 0.4) is 0 Å². The van der Waals surface area contributed by atoms with E-state index in [4.69, 9.17) is 11.6 Å². The first kappa shape index (κ1) is 15.6. The normalized spacial score (nSPS) is 11.7. The average molecular weight is 407 g/mol. The molecule has 0 atom stereocenters. The van der Waals surface area contributed by atoms with E-state index in [0.29, 0.717) is 15.9 Å². The number of halogens is 5. The second-order valence-corrected chi connectivity index (χ2v) is 8.22. The minimum Gasteiger partial charge on any atom is -0.273 e. The Morgan fingerprint density at radius 1 is 1.15 bits per heavy atom. The summed E-state index contributed by atoms with van der Waals surface area (Å²) in [6.45, 7) is 0. The lowest BCUT2D eigenvalue weighted by Crippen LogP contribution is -2.14. The molecule has 0 radical (unpaired) electrons. The Morgan fingerprint density at radius 2 is 1.70 bits per heavy atom. The maximum atomic E-state index is 13.4. The van der Waals surface area contributed by atoms with Gasteiger partial charge in [-0.2, -0.15) is 0 Å². The second-order valence-electron chi connectivity index (χ2n) is 3.54. The molecule has 0 fully saturated rings. The zero-order valence-corrected chi connectivity index (χ0v) is 13.2. The van der Waals surface area contributed by atoms with Crippen LogP contribution in [0.5, 0.6) is 0 Å². The summed E-state index contributed by atoms with van der Waals surface area (Å²) in [4.78, 5) is 0. The van der Waals surface area contributed by atoms with Crippen LogP contribution < -0.4 is 4.72 Å². The molecule has 0 spiro atoms. The van der Waals surface area contributed by atoms with Gasteiger partial charge in [0, 0.05) is 12.1 Å². The van der Waals surface area contributed by atoms with Crippen LogP contribution in [0.15, 0.2) is 26.2 Å². The van der Waals surface area contributed by atoms with Gasteiger partial charge in [0.25, 0.3) is 10.0 Å². The zero-order valence-electron chi connectivity index (χ0n) is 9.25. The molecule has 0 aliphatic rings. The molecule has 108 valence electrons. The number of rotatable bonds is 3. The minimum absolute atomic E-state index is 0.149. The smallest absolute Gasteiger partial charge is 0.271 e. The van der Waals surface area contributed by atoms with Gasteiger partial charge in [-0.1, -0.05) is 11.6 Å². The standard InChI is InChI=1S/C10H4BrClF3NO2S2/c11-10-5(12)3-8(19-10)20(17,18)16-9-6(14)1-4(13)2-7(9)15/h1-3,16H. The number of thiophene rings is 1. The summed E-state index contributed by atoms with van der Waals surface area (Å²) in [5.74, 6) is -3.86. The van der Waals surface area contributed by atoms with Crippen LogP contribution in [-0.4, -0.2) is 8.42 Å². The lowest BCUT2D eigenvalue weighted by atomic mass is 10.3. The molecule has 0 aliphatic heterocycles. The second kappa shape index (κ2) is 5.55. The number of hydrogen-bond acceptors (Lipinski definition) is 3. The summed E-state index contributed by atoms with van der Waals surface area (Å²) in [5.41, 5.74) is -0.952. The van der Waals surface area contributed by atoms with Crippen LogP contribution >= 0.6 is 38.9 Å². The van der Waals surface area contributed by atoms with Crippen molar-refractivity contribution >= 4 is 54.6 Å². The Morgan fingerprint density at radius 3 is 2.15 bits per heavy atom. The summed E-state index contributed by atoms with van der Waals surface area (Å²) >= 11 is 9.50. The van der Waals surface area contributed by atoms with Crippen molar-refractivity contribution in [1.82, 2.24) is 0 Å². The maximum absolute atomic E-state index is 13.4. The van der Waals surface area contributed by atoms with E-state index < -0.39 is 33.2 Å². The van der Waals surface area contributed by atoms with Gasteiger partial charge in [-0.25, -0.2) is 21.6 Å². The van der Waals surface area contributed by atoms with Gasteiger partial charge in [-0.3, -0.25) is 4.72 Å². The summed E-state index contributed by atoms with van der Waals surface area (Å²) in [6.07, 6.45) is 0. The fourth-order valence-corrected chi connectivity index (χ4v) is 4.76. The van der Waals surface area contributed by atoms with Gasteiger partial charge >= 0.3 is 0 Å². The monoisotopic (exact) mass is 405 g/mol. The van der Waals surface area contributed by atoms with Crippen LogP contribution in [0, 0.1) is 17.5 Å². The van der Waals surface area contributed by atoms with Crippen molar-refractivity contribution in [2.45, 2.75) is 4.21 Å². The predicted molar refractivity (Wildman–Crippen MR) is 74.2 cm³/mol. The first-order valence-electron chi connectivity index (χ1n) is 4.83. The molecule has 0 saturated carbocycles. The van der Waals surface area contributed by atoms with E-state index in [0.717, 1.165) is 17.4 Å². The molecule has 2 aromatic rings. The van der Waals surface area contributed by atoms with Gasteiger partial charge in [-0.15, -0.1) is 11.3 Å². The molecular formula is C10H4BrClF3NO2S2. The first-order chi connectivity index (χ1) is 9.20. The van der Waals surface area contributed by atoms with E-state index >= 15 is 0 Å². The van der Waals surface area contributed by atoms with Gasteiger partial charge in [0.05, 0.1) is 8.81 Å². The molecule has 1 heterocycles. The van der Waals surface area contributed by atoms with Gasteiger partial charge in [-0.05, 0) is 22.0 Å². The summed E-state index contributed by atoms with van der Waals surface area (Å²) in [5, 5.41) is 0.149. The molecule has 0 bridgehead atoms. The van der Waals surface area contributed by atoms with Crippen molar-refractivity contribution in [2.24, 2.45) is 0 Å². The van der Waals surface area contributed by atoms with E-state index in [1.165, 1.54) is 0 Å². The molecule has 0 saturated heterocycles. The van der Waals surface area contributed by atoms with Crippen LogP contribution in [0.1, 0.15) is 0 Å². The SMILES string of the molecule is O=S(=O)(Nc1c(F)cc(F)cc1F)c1cc(Cl)c(Br)s1. The molecule has 1 N–H and O–H groups in total. The average Bonchev–Trinajstić information content (AvgIpc) is 2.65. The van der Waals surface area contributed by atoms with Crippen molar-refractivity contribution in [3.8, 4) is 0 Å². The lowest BCUT2D eigenvalue weighted by Gasteiger charge is -2.08. The number of hydrogen-bond donors (Lipinski definition) is 1. The van der Waals surface area contributed by atoms with Gasteiger partial charge < -0.3 is 0 Å². The van der Waals surface area contributed by atoms with E-state index in [1.807, 2.05) is 0 Å². The van der Waals surface area contributed by atoms with Gasteiger partial charge in [0.1, 0.15) is 15.7 Å². The highest BCUT2D eigenvalue weighted by molar-refractivity contribution is 9.11. The molecule has 1 aromatic heterocycles. The third-order valence-electron chi connectivity index (χ3n) is 2.13. The number of anilines is 1. The minimum atomic E-state index is -4.22. The summed E-state index contributed by atoms with van der Waals surface area (Å²) in [7, 11) is -4.22.